The summed E-state index contributed by atoms with van der Waals surface area (Å²) in [5, 5.41) is 38.2. The van der Waals surface area contributed by atoms with Crippen LogP contribution in [0.5, 0.6) is 0 Å². The van der Waals surface area contributed by atoms with E-state index in [4.69, 9.17) is 24.7 Å². The van der Waals surface area contributed by atoms with Gasteiger partial charge in [0.05, 0.1) is 6.61 Å². The molecule has 1 aromatic rings. The van der Waals surface area contributed by atoms with Crippen LogP contribution < -0.4 is 11.2 Å². The van der Waals surface area contributed by atoms with Crippen LogP contribution >= 0.6 is 15.2 Å². The average molecular weight is 520 g/mol. The Labute approximate surface area is 181 Å². The summed E-state index contributed by atoms with van der Waals surface area (Å²) in [6.07, 6.45) is -6.87. The lowest BCUT2D eigenvalue weighted by atomic mass is 10.1. The zero-order valence-corrected chi connectivity index (χ0v) is 17.7. The second kappa shape index (κ2) is 9.55. The third-order valence-electron chi connectivity index (χ3n) is 4.37. The second-order valence-corrected chi connectivity index (χ2v) is 9.99. The topological polar surface area (TPSA) is 293 Å². The van der Waals surface area contributed by atoms with Crippen molar-refractivity contribution in [3.8, 4) is 0 Å². The Morgan fingerprint density at radius 3 is 2.06 bits per heavy atom. The fraction of sp³-hybridized carbons (Fsp3) is 0.538. The Kier molecular flexibility index (Phi) is 7.82. The number of aliphatic hydroxyl groups is 2. The van der Waals surface area contributed by atoms with Crippen molar-refractivity contribution in [1.29, 1.82) is 0 Å². The van der Waals surface area contributed by atoms with Crippen molar-refractivity contribution in [2.24, 2.45) is 0 Å². The van der Waals surface area contributed by atoms with Crippen LogP contribution in [0.1, 0.15) is 12.0 Å². The molecule has 2 heterocycles. The van der Waals surface area contributed by atoms with Gasteiger partial charge in [-0.2, -0.15) is 0 Å². The van der Waals surface area contributed by atoms with E-state index in [-0.39, 0.29) is 4.57 Å². The van der Waals surface area contributed by atoms with Gasteiger partial charge in [0.1, 0.15) is 18.3 Å². The van der Waals surface area contributed by atoms with Gasteiger partial charge in [0, 0.05) is 12.3 Å². The van der Waals surface area contributed by atoms with E-state index in [2.05, 4.69) is 4.74 Å². The summed E-state index contributed by atoms with van der Waals surface area (Å²) in [6, 6.07) is 0.521. The van der Waals surface area contributed by atoms with Crippen LogP contribution in [-0.2, 0) is 28.2 Å². The molecular weight excluding hydrogens is 502 g/mol. The number of carboxylic acid groups (broad SMARTS) is 2. The highest BCUT2D eigenvalue weighted by atomic mass is 31.2. The Morgan fingerprint density at radius 1 is 1.03 bits per heavy atom. The first-order valence-corrected chi connectivity index (χ1v) is 11.9. The Hall–Kier alpha value is -2.24. The molecule has 8 N–H and O–H groups in total. The normalized spacial score (nSPS) is 25.5. The highest BCUT2D eigenvalue weighted by molar-refractivity contribution is 7.53. The van der Waals surface area contributed by atoms with Gasteiger partial charge in [0.15, 0.2) is 6.23 Å². The molecular formula is C13H18N2O16P2. The van der Waals surface area contributed by atoms with Gasteiger partial charge >= 0.3 is 32.8 Å². The number of hydrogen-bond acceptors (Lipinski definition) is 10. The predicted molar refractivity (Wildman–Crippen MR) is 99.0 cm³/mol. The summed E-state index contributed by atoms with van der Waals surface area (Å²) in [5.41, 5.74) is -3.08. The van der Waals surface area contributed by atoms with Crippen LogP contribution in [-0.4, -0.2) is 91.8 Å². The molecule has 0 spiro atoms. The molecule has 1 fully saturated rings. The van der Waals surface area contributed by atoms with Crippen LogP contribution in [0.3, 0.4) is 0 Å². The standard InChI is InChI=1S/C13H18N2O16P2/c16-5-1-2-14(13(23)15(5)9(10(19)20)32(24,25)26)8-7(18)6(17)4(31-8)3-30-12(11(21)22)33(27,28)29/h1-2,4,6-9,12,17-18H,3H2,(H,19,20)(H,21,22)(H2,24,25,26)(H2,27,28,29). The van der Waals surface area contributed by atoms with Crippen molar-refractivity contribution in [3.05, 3.63) is 33.1 Å². The minimum absolute atomic E-state index is 0.302. The summed E-state index contributed by atoms with van der Waals surface area (Å²) in [7, 11) is -10.9. The summed E-state index contributed by atoms with van der Waals surface area (Å²) in [4.78, 5) is 83.3. The van der Waals surface area contributed by atoms with Crippen LogP contribution in [0, 0.1) is 0 Å². The van der Waals surface area contributed by atoms with Crippen molar-refractivity contribution in [3.63, 3.8) is 0 Å². The number of carbonyl (C=O) groups is 2. The first-order valence-electron chi connectivity index (χ1n) is 8.51. The van der Waals surface area contributed by atoms with E-state index >= 15 is 0 Å². The lowest BCUT2D eigenvalue weighted by Crippen LogP contribution is -2.46. The van der Waals surface area contributed by atoms with E-state index < -0.39 is 81.2 Å². The highest BCUT2D eigenvalue weighted by Gasteiger charge is 2.47. The summed E-state index contributed by atoms with van der Waals surface area (Å²) < 4.78 is 32.4. The lowest BCUT2D eigenvalue weighted by Gasteiger charge is -2.21. The summed E-state index contributed by atoms with van der Waals surface area (Å²) in [5.74, 6) is -9.84. The molecule has 1 aromatic heterocycles. The van der Waals surface area contributed by atoms with Gasteiger partial charge in [-0.25, -0.2) is 19.0 Å². The number of hydrogen-bond donors (Lipinski definition) is 8. The smallest absolute Gasteiger partial charge is 0.365 e. The fourth-order valence-corrected chi connectivity index (χ4v) is 4.29. The maximum absolute atomic E-state index is 12.6. The molecule has 0 saturated carbocycles. The number of carboxylic acids is 2. The van der Waals surface area contributed by atoms with Gasteiger partial charge in [-0.3, -0.25) is 18.5 Å². The summed E-state index contributed by atoms with van der Waals surface area (Å²) in [6.45, 7) is -1.01. The number of aliphatic hydroxyl groups excluding tert-OH is 2. The molecule has 0 bridgehead atoms. The quantitative estimate of drug-likeness (QED) is 0.144. The largest absolute Gasteiger partial charge is 0.479 e. The first-order chi connectivity index (χ1) is 15.0. The van der Waals surface area contributed by atoms with Crippen molar-refractivity contribution in [2.75, 3.05) is 6.61 Å². The maximum Gasteiger partial charge on any atom is 0.365 e. The molecule has 20 heteroatoms. The molecule has 186 valence electrons. The molecule has 6 atom stereocenters. The van der Waals surface area contributed by atoms with Crippen molar-refractivity contribution < 1.29 is 68.2 Å². The minimum Gasteiger partial charge on any atom is -0.479 e. The Bertz CT molecular complexity index is 1130. The lowest BCUT2D eigenvalue weighted by molar-refractivity contribution is -0.149. The van der Waals surface area contributed by atoms with E-state index in [1.165, 1.54) is 0 Å². The summed E-state index contributed by atoms with van der Waals surface area (Å²) >= 11 is 0. The van der Waals surface area contributed by atoms with E-state index in [1.807, 2.05) is 0 Å². The van der Waals surface area contributed by atoms with Crippen molar-refractivity contribution in [2.45, 2.75) is 36.2 Å². The van der Waals surface area contributed by atoms with E-state index in [0.717, 1.165) is 0 Å². The molecule has 1 saturated heterocycles. The maximum atomic E-state index is 12.6. The third-order valence-corrected chi connectivity index (χ3v) is 6.44. The molecule has 6 unspecified atom stereocenters. The molecule has 0 amide bonds. The van der Waals surface area contributed by atoms with Crippen molar-refractivity contribution in [1.82, 2.24) is 9.13 Å². The monoisotopic (exact) mass is 520 g/mol. The molecule has 33 heavy (non-hydrogen) atoms. The van der Waals surface area contributed by atoms with Gasteiger partial charge in [0.2, 0.25) is 5.78 Å². The number of rotatable bonds is 9. The molecule has 1 aliphatic heterocycles. The van der Waals surface area contributed by atoms with Crippen LogP contribution in [0.25, 0.3) is 0 Å². The number of aromatic nitrogens is 2. The van der Waals surface area contributed by atoms with Gasteiger partial charge in [0.25, 0.3) is 11.4 Å². The first kappa shape index (κ1) is 27.0. The van der Waals surface area contributed by atoms with Crippen LogP contribution in [0.2, 0.25) is 0 Å². The average Bonchev–Trinajstić information content (AvgIpc) is 2.91. The molecule has 0 aromatic carbocycles. The van der Waals surface area contributed by atoms with Gasteiger partial charge < -0.3 is 49.5 Å². The zero-order valence-electron chi connectivity index (χ0n) is 16.0. The van der Waals surface area contributed by atoms with Crippen molar-refractivity contribution >= 4 is 27.1 Å². The third kappa shape index (κ3) is 5.64. The van der Waals surface area contributed by atoms with Crippen LogP contribution in [0.4, 0.5) is 0 Å². The second-order valence-electron chi connectivity index (χ2n) is 6.67. The fourth-order valence-electron chi connectivity index (χ4n) is 2.93. The molecule has 0 aliphatic carbocycles. The minimum atomic E-state index is -5.60. The van der Waals surface area contributed by atoms with Gasteiger partial charge in [-0.15, -0.1) is 0 Å². The molecule has 1 aliphatic rings. The Morgan fingerprint density at radius 2 is 1.61 bits per heavy atom. The number of nitrogens with zero attached hydrogens (tertiary/aromatic N) is 2. The molecule has 0 radical (unpaired) electrons. The molecule has 18 nitrogen and oxygen atoms in total. The van der Waals surface area contributed by atoms with Gasteiger partial charge in [-0.1, -0.05) is 0 Å². The van der Waals surface area contributed by atoms with E-state index in [0.29, 0.717) is 16.8 Å². The number of aliphatic carboxylic acids is 2. The number of ether oxygens (including phenoxy) is 2. The zero-order chi connectivity index (χ0) is 25.5. The molecule has 2 rings (SSSR count). The van der Waals surface area contributed by atoms with Crippen LogP contribution in [0.15, 0.2) is 21.9 Å². The highest BCUT2D eigenvalue weighted by Crippen LogP contribution is 2.47. The Balaban J connectivity index is 2.41. The SMILES string of the molecule is O=C(O)C(OCC1OC(n2ccc(=O)n(C(C(=O)O)P(=O)(O)O)c2=O)C(O)C1O)P(=O)(O)O. The van der Waals surface area contributed by atoms with Gasteiger partial charge in [-0.05, 0) is 0 Å². The van der Waals surface area contributed by atoms with E-state index in [9.17, 15) is 48.3 Å². The predicted octanol–water partition coefficient (Wildman–Crippen LogP) is -4.00. The van der Waals surface area contributed by atoms with E-state index in [1.54, 1.807) is 0 Å².